The van der Waals surface area contributed by atoms with Gasteiger partial charge in [0.05, 0.1) is 19.0 Å². The summed E-state index contributed by atoms with van der Waals surface area (Å²) in [5, 5.41) is 2.57. The minimum atomic E-state index is -0.577. The van der Waals surface area contributed by atoms with Crippen LogP contribution < -0.4 is 14.8 Å². The van der Waals surface area contributed by atoms with Gasteiger partial charge in [-0.3, -0.25) is 9.78 Å². The van der Waals surface area contributed by atoms with E-state index < -0.39 is 17.5 Å². The molecule has 3 aromatic rings. The van der Waals surface area contributed by atoms with Gasteiger partial charge in [-0.2, -0.15) is 0 Å². The van der Waals surface area contributed by atoms with Crippen LogP contribution in [-0.4, -0.2) is 18.0 Å². The van der Waals surface area contributed by atoms with Crippen LogP contribution in [0, 0.1) is 11.6 Å². The molecule has 0 atom stereocenters. The molecule has 1 N–H and O–H groups in total. The molecule has 0 unspecified atom stereocenters. The highest BCUT2D eigenvalue weighted by Gasteiger charge is 2.08. The van der Waals surface area contributed by atoms with E-state index in [0.29, 0.717) is 17.0 Å². The molecule has 1 heterocycles. The molecule has 3 rings (SSSR count). The second-order valence-electron chi connectivity index (χ2n) is 5.65. The highest BCUT2D eigenvalue weighted by Crippen LogP contribution is 2.26. The molecule has 142 valence electrons. The van der Waals surface area contributed by atoms with Gasteiger partial charge in [-0.15, -0.1) is 0 Å². The van der Waals surface area contributed by atoms with Gasteiger partial charge in [0.25, 0.3) is 0 Å². The minimum absolute atomic E-state index is 0.0469. The number of methoxy groups -OCH3 is 1. The average Bonchev–Trinajstić information content (AvgIpc) is 2.70. The summed E-state index contributed by atoms with van der Waals surface area (Å²) in [6.07, 6.45) is 5.74. The summed E-state index contributed by atoms with van der Waals surface area (Å²) < 4.78 is 37.8. The van der Waals surface area contributed by atoms with Crippen LogP contribution in [0.2, 0.25) is 0 Å². The standard InChI is InChI=1S/C21H16F2N2O3/c1-27-20-12-15(22)6-7-18(20)25-21(26)9-5-14-4-8-19(17(23)11-14)28-16-3-2-10-24-13-16/h2-13H,1H3,(H,25,26)/b9-5+. The second kappa shape index (κ2) is 8.77. The van der Waals surface area contributed by atoms with E-state index in [1.165, 1.54) is 49.7 Å². The van der Waals surface area contributed by atoms with Crippen LogP contribution in [0.1, 0.15) is 5.56 Å². The quantitative estimate of drug-likeness (QED) is 0.622. The summed E-state index contributed by atoms with van der Waals surface area (Å²) in [7, 11) is 1.37. The topological polar surface area (TPSA) is 60.5 Å². The number of nitrogens with zero attached hydrogens (tertiary/aromatic N) is 1. The lowest BCUT2D eigenvalue weighted by atomic mass is 10.2. The van der Waals surface area contributed by atoms with Gasteiger partial charge < -0.3 is 14.8 Å². The van der Waals surface area contributed by atoms with Gasteiger partial charge in [-0.05, 0) is 48.0 Å². The zero-order chi connectivity index (χ0) is 19.9. The van der Waals surface area contributed by atoms with Crippen LogP contribution in [-0.2, 0) is 4.79 Å². The molecule has 0 spiro atoms. The number of anilines is 1. The Labute approximate surface area is 160 Å². The van der Waals surface area contributed by atoms with Gasteiger partial charge in [0, 0.05) is 18.3 Å². The van der Waals surface area contributed by atoms with E-state index in [1.54, 1.807) is 24.4 Å². The van der Waals surface area contributed by atoms with Crippen LogP contribution in [0.4, 0.5) is 14.5 Å². The Morgan fingerprint density at radius 3 is 2.68 bits per heavy atom. The highest BCUT2D eigenvalue weighted by atomic mass is 19.1. The van der Waals surface area contributed by atoms with Gasteiger partial charge in [0.1, 0.15) is 17.3 Å². The molecule has 1 aromatic heterocycles. The lowest BCUT2D eigenvalue weighted by molar-refractivity contribution is -0.111. The largest absolute Gasteiger partial charge is 0.494 e. The third kappa shape index (κ3) is 4.91. The van der Waals surface area contributed by atoms with Gasteiger partial charge in [-0.25, -0.2) is 8.78 Å². The van der Waals surface area contributed by atoms with Crippen LogP contribution in [0.25, 0.3) is 6.08 Å². The molecule has 7 heteroatoms. The monoisotopic (exact) mass is 382 g/mol. The first-order valence-corrected chi connectivity index (χ1v) is 8.25. The van der Waals surface area contributed by atoms with Crippen molar-refractivity contribution in [3.8, 4) is 17.2 Å². The maximum atomic E-state index is 14.2. The summed E-state index contributed by atoms with van der Waals surface area (Å²) in [5.74, 6) is -0.866. The summed E-state index contributed by atoms with van der Waals surface area (Å²) >= 11 is 0. The number of amides is 1. The number of carbonyl (C=O) groups is 1. The van der Waals surface area contributed by atoms with Crippen LogP contribution >= 0.6 is 0 Å². The predicted octanol–water partition coefficient (Wildman–Crippen LogP) is 4.81. The fourth-order valence-corrected chi connectivity index (χ4v) is 2.35. The number of halogens is 2. The molecule has 0 aliphatic heterocycles. The van der Waals surface area contributed by atoms with Crippen molar-refractivity contribution < 1.29 is 23.0 Å². The van der Waals surface area contributed by atoms with Gasteiger partial charge in [-0.1, -0.05) is 6.07 Å². The molecule has 0 bridgehead atoms. The summed E-state index contributed by atoms with van der Waals surface area (Å²) in [5.41, 5.74) is 0.794. The van der Waals surface area contributed by atoms with Gasteiger partial charge >= 0.3 is 0 Å². The Kier molecular flexibility index (Phi) is 5.96. The second-order valence-corrected chi connectivity index (χ2v) is 5.65. The summed E-state index contributed by atoms with van der Waals surface area (Å²) in [4.78, 5) is 16.0. The highest BCUT2D eigenvalue weighted by molar-refractivity contribution is 6.02. The molecule has 28 heavy (non-hydrogen) atoms. The Morgan fingerprint density at radius 2 is 1.96 bits per heavy atom. The molecule has 0 saturated carbocycles. The van der Waals surface area contributed by atoms with E-state index in [-0.39, 0.29) is 11.5 Å². The molecule has 0 radical (unpaired) electrons. The molecule has 0 fully saturated rings. The molecule has 2 aromatic carbocycles. The number of hydrogen-bond acceptors (Lipinski definition) is 4. The first-order valence-electron chi connectivity index (χ1n) is 8.25. The maximum Gasteiger partial charge on any atom is 0.248 e. The normalized spacial score (nSPS) is 10.7. The lowest BCUT2D eigenvalue weighted by Gasteiger charge is -2.08. The molecule has 0 saturated heterocycles. The lowest BCUT2D eigenvalue weighted by Crippen LogP contribution is -2.09. The first kappa shape index (κ1) is 19.0. The maximum absolute atomic E-state index is 14.2. The van der Waals surface area contributed by atoms with E-state index in [0.717, 1.165) is 6.07 Å². The van der Waals surface area contributed by atoms with Crippen LogP contribution in [0.3, 0.4) is 0 Å². The van der Waals surface area contributed by atoms with Crippen molar-refractivity contribution in [1.29, 1.82) is 0 Å². The Bertz CT molecular complexity index is 1010. The molecule has 5 nitrogen and oxygen atoms in total. The number of hydrogen-bond donors (Lipinski definition) is 1. The number of nitrogens with one attached hydrogen (secondary N) is 1. The minimum Gasteiger partial charge on any atom is -0.494 e. The SMILES string of the molecule is COc1cc(F)ccc1NC(=O)/C=C/c1ccc(Oc2cccnc2)c(F)c1. The Morgan fingerprint density at radius 1 is 1.11 bits per heavy atom. The van der Waals surface area contributed by atoms with Crippen molar-refractivity contribution >= 4 is 17.7 Å². The van der Waals surface area contributed by atoms with Gasteiger partial charge in [0.15, 0.2) is 11.6 Å². The predicted molar refractivity (Wildman–Crippen MR) is 101 cm³/mol. The Balaban J connectivity index is 1.67. The molecule has 0 aliphatic rings. The number of rotatable bonds is 6. The number of pyridine rings is 1. The number of carbonyl (C=O) groups excluding carboxylic acids is 1. The van der Waals surface area contributed by atoms with E-state index >= 15 is 0 Å². The van der Waals surface area contributed by atoms with Crippen molar-refractivity contribution in [2.45, 2.75) is 0 Å². The average molecular weight is 382 g/mol. The van der Waals surface area contributed by atoms with Crippen LogP contribution in [0.15, 0.2) is 67.0 Å². The Hall–Kier alpha value is -3.74. The molecule has 0 aliphatic carbocycles. The van der Waals surface area contributed by atoms with E-state index in [2.05, 4.69) is 10.3 Å². The van der Waals surface area contributed by atoms with Crippen molar-refractivity contribution in [1.82, 2.24) is 4.98 Å². The molecule has 1 amide bonds. The van der Waals surface area contributed by atoms with E-state index in [4.69, 9.17) is 9.47 Å². The smallest absolute Gasteiger partial charge is 0.248 e. The van der Waals surface area contributed by atoms with Crippen molar-refractivity contribution in [3.63, 3.8) is 0 Å². The van der Waals surface area contributed by atoms with Crippen LogP contribution in [0.5, 0.6) is 17.2 Å². The number of benzene rings is 2. The number of aromatic nitrogens is 1. The van der Waals surface area contributed by atoms with Crippen molar-refractivity contribution in [2.75, 3.05) is 12.4 Å². The first-order chi connectivity index (χ1) is 13.5. The summed E-state index contributed by atoms with van der Waals surface area (Å²) in [6, 6.07) is 11.4. The van der Waals surface area contributed by atoms with E-state index in [9.17, 15) is 13.6 Å². The molecular formula is C21H16F2N2O3. The van der Waals surface area contributed by atoms with Gasteiger partial charge in [0.2, 0.25) is 5.91 Å². The third-order valence-electron chi connectivity index (χ3n) is 3.67. The van der Waals surface area contributed by atoms with Crippen molar-refractivity contribution in [3.05, 3.63) is 84.2 Å². The van der Waals surface area contributed by atoms with Crippen molar-refractivity contribution in [2.24, 2.45) is 0 Å². The number of ether oxygens (including phenoxy) is 2. The third-order valence-corrected chi connectivity index (χ3v) is 3.67. The zero-order valence-electron chi connectivity index (χ0n) is 14.9. The summed E-state index contributed by atoms with van der Waals surface area (Å²) in [6.45, 7) is 0. The fraction of sp³-hybridized carbons (Fsp3) is 0.0476. The molecular weight excluding hydrogens is 366 g/mol. The fourth-order valence-electron chi connectivity index (χ4n) is 2.35. The zero-order valence-corrected chi connectivity index (χ0v) is 14.9. The van der Waals surface area contributed by atoms with E-state index in [1.807, 2.05) is 0 Å².